The third kappa shape index (κ3) is 5.88. The number of carbonyl (C=O) groups is 1. The van der Waals surface area contributed by atoms with E-state index in [0.29, 0.717) is 31.9 Å². The van der Waals surface area contributed by atoms with E-state index in [9.17, 15) is 18.0 Å². The highest BCUT2D eigenvalue weighted by molar-refractivity contribution is 5.73. The second-order valence-electron chi connectivity index (χ2n) is 5.74. The molecular formula is C15H21F3N4O2. The number of likely N-dealkylation sites (tertiary alicyclic amines) is 1. The van der Waals surface area contributed by atoms with Gasteiger partial charge in [-0.3, -0.25) is 4.90 Å². The summed E-state index contributed by atoms with van der Waals surface area (Å²) in [6, 6.07) is 3.17. The molecule has 1 atom stereocenters. The molecule has 1 aliphatic rings. The van der Waals surface area contributed by atoms with E-state index in [1.807, 2.05) is 0 Å². The van der Waals surface area contributed by atoms with Crippen LogP contribution in [-0.4, -0.2) is 55.4 Å². The lowest BCUT2D eigenvalue weighted by Gasteiger charge is -2.18. The molecule has 0 spiro atoms. The molecule has 2 N–H and O–H groups in total. The van der Waals surface area contributed by atoms with Crippen LogP contribution in [0.2, 0.25) is 0 Å². The van der Waals surface area contributed by atoms with Crippen molar-refractivity contribution in [1.29, 1.82) is 0 Å². The number of halogens is 3. The van der Waals surface area contributed by atoms with Crippen LogP contribution >= 0.6 is 0 Å². The molecule has 1 aromatic heterocycles. The first-order valence-electron chi connectivity index (χ1n) is 7.66. The van der Waals surface area contributed by atoms with Crippen LogP contribution in [0.25, 0.3) is 0 Å². The number of hydrogen-bond acceptors (Lipinski definition) is 4. The predicted octanol–water partition coefficient (Wildman–Crippen LogP) is 1.77. The van der Waals surface area contributed by atoms with Gasteiger partial charge in [0.05, 0.1) is 13.7 Å². The van der Waals surface area contributed by atoms with Gasteiger partial charge in [-0.1, -0.05) is 6.07 Å². The maximum absolute atomic E-state index is 12.3. The lowest BCUT2D eigenvalue weighted by atomic mass is 10.1. The van der Waals surface area contributed by atoms with Crippen molar-refractivity contribution in [3.8, 4) is 5.88 Å². The van der Waals surface area contributed by atoms with Crippen LogP contribution in [0.4, 0.5) is 18.0 Å². The van der Waals surface area contributed by atoms with Crippen molar-refractivity contribution in [2.45, 2.75) is 19.1 Å². The Morgan fingerprint density at radius 3 is 2.96 bits per heavy atom. The van der Waals surface area contributed by atoms with Crippen molar-refractivity contribution >= 4 is 6.03 Å². The summed E-state index contributed by atoms with van der Waals surface area (Å²) < 4.78 is 42.1. The van der Waals surface area contributed by atoms with E-state index in [4.69, 9.17) is 4.74 Å². The maximum atomic E-state index is 12.3. The van der Waals surface area contributed by atoms with Gasteiger partial charge in [0, 0.05) is 31.4 Å². The van der Waals surface area contributed by atoms with Gasteiger partial charge >= 0.3 is 12.2 Å². The Labute approximate surface area is 138 Å². The molecule has 1 fully saturated rings. The normalized spacial score (nSPS) is 18.4. The van der Waals surface area contributed by atoms with Crippen molar-refractivity contribution in [2.75, 3.05) is 33.3 Å². The zero-order valence-corrected chi connectivity index (χ0v) is 13.4. The van der Waals surface area contributed by atoms with Crippen LogP contribution in [0.1, 0.15) is 12.0 Å². The third-order valence-corrected chi connectivity index (χ3v) is 3.81. The van der Waals surface area contributed by atoms with E-state index >= 15 is 0 Å². The van der Waals surface area contributed by atoms with Gasteiger partial charge in [0.1, 0.15) is 0 Å². The maximum Gasteiger partial charge on any atom is 0.401 e. The second kappa shape index (κ2) is 8.18. The summed E-state index contributed by atoms with van der Waals surface area (Å²) >= 11 is 0. The minimum absolute atomic E-state index is 0.0334. The number of nitrogens with one attached hydrogen (secondary N) is 2. The van der Waals surface area contributed by atoms with Crippen molar-refractivity contribution < 1.29 is 22.7 Å². The number of carbonyl (C=O) groups excluding carboxylic acids is 1. The monoisotopic (exact) mass is 346 g/mol. The summed E-state index contributed by atoms with van der Waals surface area (Å²) in [7, 11) is 1.50. The highest BCUT2D eigenvalue weighted by atomic mass is 19.4. The minimum Gasteiger partial charge on any atom is -0.481 e. The lowest BCUT2D eigenvalue weighted by Crippen LogP contribution is -2.39. The molecule has 1 aliphatic heterocycles. The molecular weight excluding hydrogens is 325 g/mol. The van der Waals surface area contributed by atoms with E-state index < -0.39 is 12.7 Å². The zero-order valence-electron chi connectivity index (χ0n) is 13.4. The summed E-state index contributed by atoms with van der Waals surface area (Å²) in [5.74, 6) is 0.474. The molecule has 1 saturated heterocycles. The fourth-order valence-corrected chi connectivity index (χ4v) is 2.69. The molecule has 2 amide bonds. The standard InChI is InChI=1S/C15H21F3N4O2/c1-24-13-12(3-2-5-19-13)8-21-14(23)20-7-11-4-6-22(9-11)10-15(16,17)18/h2-3,5,11H,4,6-10H2,1H3,(H2,20,21,23)/t11-/m0/s1. The quantitative estimate of drug-likeness (QED) is 0.824. The topological polar surface area (TPSA) is 66.5 Å². The molecule has 6 nitrogen and oxygen atoms in total. The van der Waals surface area contributed by atoms with Crippen molar-refractivity contribution in [1.82, 2.24) is 20.5 Å². The van der Waals surface area contributed by atoms with Crippen LogP contribution in [0.5, 0.6) is 5.88 Å². The smallest absolute Gasteiger partial charge is 0.401 e. The van der Waals surface area contributed by atoms with E-state index in [2.05, 4.69) is 15.6 Å². The van der Waals surface area contributed by atoms with Crippen LogP contribution in [0.3, 0.4) is 0 Å². The van der Waals surface area contributed by atoms with Crippen LogP contribution in [-0.2, 0) is 6.54 Å². The van der Waals surface area contributed by atoms with Gasteiger partial charge < -0.3 is 15.4 Å². The van der Waals surface area contributed by atoms with Crippen molar-refractivity contribution in [3.05, 3.63) is 23.9 Å². The largest absolute Gasteiger partial charge is 0.481 e. The van der Waals surface area contributed by atoms with Crippen molar-refractivity contribution in [2.24, 2.45) is 5.92 Å². The predicted molar refractivity (Wildman–Crippen MR) is 81.6 cm³/mol. The van der Waals surface area contributed by atoms with Crippen LogP contribution in [0, 0.1) is 5.92 Å². The van der Waals surface area contributed by atoms with E-state index in [1.54, 1.807) is 18.3 Å². The molecule has 2 rings (SSSR count). The first-order valence-corrected chi connectivity index (χ1v) is 7.66. The number of rotatable bonds is 6. The zero-order chi connectivity index (χ0) is 17.6. The molecule has 0 aromatic carbocycles. The van der Waals surface area contributed by atoms with Gasteiger partial charge in [-0.2, -0.15) is 13.2 Å². The van der Waals surface area contributed by atoms with Gasteiger partial charge in [0.2, 0.25) is 5.88 Å². The number of ether oxygens (including phenoxy) is 1. The molecule has 9 heteroatoms. The summed E-state index contributed by atoms with van der Waals surface area (Å²) in [5.41, 5.74) is 0.743. The van der Waals surface area contributed by atoms with Gasteiger partial charge in [-0.15, -0.1) is 0 Å². The van der Waals surface area contributed by atoms with E-state index in [0.717, 1.165) is 5.56 Å². The molecule has 0 saturated carbocycles. The van der Waals surface area contributed by atoms with E-state index in [-0.39, 0.29) is 18.5 Å². The Morgan fingerprint density at radius 2 is 2.25 bits per heavy atom. The van der Waals surface area contributed by atoms with Crippen LogP contribution < -0.4 is 15.4 Å². The van der Waals surface area contributed by atoms with Gasteiger partial charge in [0.25, 0.3) is 0 Å². The highest BCUT2D eigenvalue weighted by Crippen LogP contribution is 2.22. The molecule has 0 unspecified atom stereocenters. The number of nitrogens with zero attached hydrogens (tertiary/aromatic N) is 2. The Bertz CT molecular complexity index is 554. The Morgan fingerprint density at radius 1 is 1.46 bits per heavy atom. The Balaban J connectivity index is 1.69. The number of urea groups is 1. The average Bonchev–Trinajstić information content (AvgIpc) is 2.96. The Kier molecular flexibility index (Phi) is 6.24. The molecule has 134 valence electrons. The molecule has 24 heavy (non-hydrogen) atoms. The average molecular weight is 346 g/mol. The second-order valence-corrected chi connectivity index (χ2v) is 5.74. The third-order valence-electron chi connectivity index (χ3n) is 3.81. The number of pyridine rings is 1. The van der Waals surface area contributed by atoms with Gasteiger partial charge in [-0.05, 0) is 24.9 Å². The number of aromatic nitrogens is 1. The summed E-state index contributed by atoms with van der Waals surface area (Å²) in [5, 5.41) is 5.38. The molecule has 1 aromatic rings. The van der Waals surface area contributed by atoms with Gasteiger partial charge in [-0.25, -0.2) is 9.78 Å². The fourth-order valence-electron chi connectivity index (χ4n) is 2.69. The van der Waals surface area contributed by atoms with Crippen LogP contribution in [0.15, 0.2) is 18.3 Å². The van der Waals surface area contributed by atoms with Gasteiger partial charge in [0.15, 0.2) is 0 Å². The lowest BCUT2D eigenvalue weighted by molar-refractivity contribution is -0.143. The number of methoxy groups -OCH3 is 1. The van der Waals surface area contributed by atoms with E-state index in [1.165, 1.54) is 12.0 Å². The molecule has 0 bridgehead atoms. The number of amides is 2. The summed E-state index contributed by atoms with van der Waals surface area (Å²) in [6.07, 6.45) is -1.94. The first kappa shape index (κ1) is 18.3. The highest BCUT2D eigenvalue weighted by Gasteiger charge is 2.34. The summed E-state index contributed by atoms with van der Waals surface area (Å²) in [4.78, 5) is 17.2. The SMILES string of the molecule is COc1ncccc1CNC(=O)NC[C@@H]1CCN(CC(F)(F)F)C1. The number of alkyl halides is 3. The minimum atomic E-state index is -4.18. The Hall–Kier alpha value is -2.03. The molecule has 0 aliphatic carbocycles. The fraction of sp³-hybridized carbons (Fsp3) is 0.600. The summed E-state index contributed by atoms with van der Waals surface area (Å²) in [6.45, 7) is 0.463. The molecule has 0 radical (unpaired) electrons. The first-order chi connectivity index (χ1) is 11.4. The number of hydrogen-bond donors (Lipinski definition) is 2. The van der Waals surface area contributed by atoms with Crippen molar-refractivity contribution in [3.63, 3.8) is 0 Å². The molecule has 2 heterocycles.